The van der Waals surface area contributed by atoms with Crippen LogP contribution in [-0.2, 0) is 17.9 Å². The van der Waals surface area contributed by atoms with Crippen molar-refractivity contribution in [3.63, 3.8) is 0 Å². The third-order valence-corrected chi connectivity index (χ3v) is 4.23. The van der Waals surface area contributed by atoms with Crippen LogP contribution >= 0.6 is 0 Å². The zero-order valence-corrected chi connectivity index (χ0v) is 15.7. The molecular weight excluding hydrogens is 358 g/mol. The molecule has 0 saturated heterocycles. The van der Waals surface area contributed by atoms with Crippen LogP contribution in [-0.4, -0.2) is 29.7 Å². The topological polar surface area (TPSA) is 82.4 Å². The Balaban J connectivity index is 1.65. The Morgan fingerprint density at radius 2 is 1.82 bits per heavy atom. The predicted molar refractivity (Wildman–Crippen MR) is 105 cm³/mol. The quantitative estimate of drug-likeness (QED) is 0.681. The lowest BCUT2D eigenvalue weighted by atomic mass is 10.1. The molecule has 1 N–H and O–H groups in total. The van der Waals surface area contributed by atoms with Gasteiger partial charge < -0.3 is 14.8 Å². The number of nitrogens with one attached hydrogen (secondary N) is 1. The minimum atomic E-state index is -0.310. The molecule has 7 heteroatoms. The Labute approximate surface area is 162 Å². The van der Waals surface area contributed by atoms with E-state index in [-0.39, 0.29) is 18.0 Å². The average Bonchev–Trinajstić information content (AvgIpc) is 2.74. The zero-order chi connectivity index (χ0) is 19.9. The fraction of sp³-hybridized carbons (Fsp3) is 0.190. The van der Waals surface area contributed by atoms with Crippen LogP contribution in [0.5, 0.6) is 11.5 Å². The SMILES string of the molecule is COc1ccc(CNC(=O)Cn2cnc(-c3ccccc3OC)cc2=O)cc1. The van der Waals surface area contributed by atoms with E-state index in [4.69, 9.17) is 9.47 Å². The van der Waals surface area contributed by atoms with E-state index in [1.165, 1.54) is 17.0 Å². The highest BCUT2D eigenvalue weighted by molar-refractivity contribution is 5.75. The Morgan fingerprint density at radius 3 is 2.50 bits per heavy atom. The normalized spacial score (nSPS) is 10.4. The van der Waals surface area contributed by atoms with E-state index in [1.54, 1.807) is 20.3 Å². The van der Waals surface area contributed by atoms with E-state index in [1.807, 2.05) is 42.5 Å². The van der Waals surface area contributed by atoms with Gasteiger partial charge in [0.1, 0.15) is 18.0 Å². The minimum absolute atomic E-state index is 0.103. The molecule has 28 heavy (non-hydrogen) atoms. The van der Waals surface area contributed by atoms with Crippen molar-refractivity contribution in [1.82, 2.24) is 14.9 Å². The summed E-state index contributed by atoms with van der Waals surface area (Å²) in [5.74, 6) is 1.11. The van der Waals surface area contributed by atoms with Gasteiger partial charge in [-0.25, -0.2) is 4.98 Å². The summed E-state index contributed by atoms with van der Waals surface area (Å²) in [5, 5.41) is 2.79. The van der Waals surface area contributed by atoms with Gasteiger partial charge in [-0.05, 0) is 29.8 Å². The number of ether oxygens (including phenoxy) is 2. The molecule has 0 saturated carbocycles. The standard InChI is InChI=1S/C21H21N3O4/c1-27-16-9-7-15(8-10-16)12-22-20(25)13-24-14-23-18(11-21(24)26)17-5-3-4-6-19(17)28-2/h3-11,14H,12-13H2,1-2H3,(H,22,25). The molecule has 0 aliphatic rings. The first-order valence-corrected chi connectivity index (χ1v) is 8.70. The smallest absolute Gasteiger partial charge is 0.254 e. The van der Waals surface area contributed by atoms with Gasteiger partial charge in [0.15, 0.2) is 0 Å². The van der Waals surface area contributed by atoms with Crippen LogP contribution in [0.15, 0.2) is 65.7 Å². The monoisotopic (exact) mass is 379 g/mol. The van der Waals surface area contributed by atoms with Gasteiger partial charge in [-0.15, -0.1) is 0 Å². The number of aromatic nitrogens is 2. The molecule has 0 spiro atoms. The maximum Gasteiger partial charge on any atom is 0.254 e. The van der Waals surface area contributed by atoms with Crippen molar-refractivity contribution in [2.24, 2.45) is 0 Å². The molecule has 1 heterocycles. The van der Waals surface area contributed by atoms with Crippen LogP contribution in [0.1, 0.15) is 5.56 Å². The van der Waals surface area contributed by atoms with Crippen molar-refractivity contribution in [3.05, 3.63) is 76.8 Å². The van der Waals surface area contributed by atoms with Gasteiger partial charge >= 0.3 is 0 Å². The van der Waals surface area contributed by atoms with Gasteiger partial charge in [-0.2, -0.15) is 0 Å². The van der Waals surface area contributed by atoms with Gasteiger partial charge in [-0.1, -0.05) is 24.3 Å². The second kappa shape index (κ2) is 8.85. The zero-order valence-electron chi connectivity index (χ0n) is 15.7. The van der Waals surface area contributed by atoms with Crippen molar-refractivity contribution in [2.75, 3.05) is 14.2 Å². The maximum atomic E-state index is 12.4. The lowest BCUT2D eigenvalue weighted by molar-refractivity contribution is -0.121. The van der Waals surface area contributed by atoms with Crippen LogP contribution in [0.3, 0.4) is 0 Å². The number of amides is 1. The molecule has 3 rings (SSSR count). The van der Waals surface area contributed by atoms with E-state index in [9.17, 15) is 9.59 Å². The second-order valence-corrected chi connectivity index (χ2v) is 6.07. The molecule has 0 bridgehead atoms. The number of hydrogen-bond acceptors (Lipinski definition) is 5. The summed E-state index contributed by atoms with van der Waals surface area (Å²) in [6.07, 6.45) is 1.37. The second-order valence-electron chi connectivity index (χ2n) is 6.07. The Hall–Kier alpha value is -3.61. The molecular formula is C21H21N3O4. The third kappa shape index (κ3) is 4.56. The molecule has 2 aromatic carbocycles. The maximum absolute atomic E-state index is 12.4. The number of carbonyl (C=O) groups is 1. The van der Waals surface area contributed by atoms with E-state index in [0.29, 0.717) is 18.0 Å². The first kappa shape index (κ1) is 19.2. The Bertz CT molecular complexity index is 1010. The summed E-state index contributed by atoms with van der Waals surface area (Å²) in [5.41, 5.74) is 1.84. The van der Waals surface area contributed by atoms with Crippen molar-refractivity contribution < 1.29 is 14.3 Å². The van der Waals surface area contributed by atoms with Gasteiger partial charge in [0.25, 0.3) is 5.56 Å². The van der Waals surface area contributed by atoms with Crippen LogP contribution < -0.4 is 20.3 Å². The van der Waals surface area contributed by atoms with E-state index < -0.39 is 0 Å². The van der Waals surface area contributed by atoms with Crippen LogP contribution in [0.25, 0.3) is 11.3 Å². The lowest BCUT2D eigenvalue weighted by Gasteiger charge is -2.10. The molecule has 0 radical (unpaired) electrons. The molecule has 0 atom stereocenters. The van der Waals surface area contributed by atoms with E-state index in [0.717, 1.165) is 16.9 Å². The summed E-state index contributed by atoms with van der Waals surface area (Å²) in [4.78, 5) is 28.9. The summed E-state index contributed by atoms with van der Waals surface area (Å²) >= 11 is 0. The molecule has 1 amide bonds. The van der Waals surface area contributed by atoms with Crippen LogP contribution in [0, 0.1) is 0 Å². The number of benzene rings is 2. The highest BCUT2D eigenvalue weighted by atomic mass is 16.5. The summed E-state index contributed by atoms with van der Waals surface area (Å²) in [7, 11) is 3.16. The molecule has 0 fully saturated rings. The fourth-order valence-corrected chi connectivity index (χ4v) is 2.70. The number of para-hydroxylation sites is 1. The molecule has 7 nitrogen and oxygen atoms in total. The number of hydrogen-bond donors (Lipinski definition) is 1. The first-order valence-electron chi connectivity index (χ1n) is 8.70. The van der Waals surface area contributed by atoms with Gasteiger partial charge in [0.2, 0.25) is 5.91 Å². The van der Waals surface area contributed by atoms with Gasteiger partial charge in [0.05, 0.1) is 26.2 Å². The summed E-state index contributed by atoms with van der Waals surface area (Å²) in [6, 6.07) is 16.1. The van der Waals surface area contributed by atoms with Gasteiger partial charge in [0, 0.05) is 18.2 Å². The van der Waals surface area contributed by atoms with E-state index in [2.05, 4.69) is 10.3 Å². The third-order valence-electron chi connectivity index (χ3n) is 4.23. The molecule has 0 aliphatic carbocycles. The molecule has 144 valence electrons. The molecule has 3 aromatic rings. The summed E-state index contributed by atoms with van der Waals surface area (Å²) < 4.78 is 11.7. The number of methoxy groups -OCH3 is 2. The van der Waals surface area contributed by atoms with Crippen molar-refractivity contribution in [1.29, 1.82) is 0 Å². The van der Waals surface area contributed by atoms with Crippen molar-refractivity contribution in [3.8, 4) is 22.8 Å². The van der Waals surface area contributed by atoms with Crippen LogP contribution in [0.2, 0.25) is 0 Å². The Morgan fingerprint density at radius 1 is 1.07 bits per heavy atom. The fourth-order valence-electron chi connectivity index (χ4n) is 2.70. The van der Waals surface area contributed by atoms with Crippen molar-refractivity contribution in [2.45, 2.75) is 13.1 Å². The highest BCUT2D eigenvalue weighted by Crippen LogP contribution is 2.26. The largest absolute Gasteiger partial charge is 0.497 e. The molecule has 1 aromatic heterocycles. The molecule has 0 aliphatic heterocycles. The average molecular weight is 379 g/mol. The number of nitrogens with zero attached hydrogens (tertiary/aromatic N) is 2. The number of carbonyl (C=O) groups excluding carboxylic acids is 1. The van der Waals surface area contributed by atoms with Gasteiger partial charge in [-0.3, -0.25) is 14.2 Å². The highest BCUT2D eigenvalue weighted by Gasteiger charge is 2.10. The Kier molecular flexibility index (Phi) is 6.06. The molecule has 0 unspecified atom stereocenters. The van der Waals surface area contributed by atoms with E-state index >= 15 is 0 Å². The predicted octanol–water partition coefficient (Wildman–Crippen LogP) is 2.24. The summed E-state index contributed by atoms with van der Waals surface area (Å²) in [6.45, 7) is 0.262. The van der Waals surface area contributed by atoms with Crippen molar-refractivity contribution >= 4 is 5.91 Å². The lowest BCUT2D eigenvalue weighted by Crippen LogP contribution is -2.31. The number of rotatable bonds is 7. The van der Waals surface area contributed by atoms with Crippen LogP contribution in [0.4, 0.5) is 0 Å². The first-order chi connectivity index (χ1) is 13.6. The minimum Gasteiger partial charge on any atom is -0.497 e.